The van der Waals surface area contributed by atoms with Gasteiger partial charge in [0.05, 0.1) is 34.9 Å². The van der Waals surface area contributed by atoms with E-state index in [0.29, 0.717) is 39.1 Å². The minimum absolute atomic E-state index is 0.136. The highest BCUT2D eigenvalue weighted by atomic mass is 35.5. The second kappa shape index (κ2) is 10.2. The summed E-state index contributed by atoms with van der Waals surface area (Å²) < 4.78 is 1.52. The van der Waals surface area contributed by atoms with Crippen LogP contribution in [0, 0.1) is 0 Å². The van der Waals surface area contributed by atoms with Crippen LogP contribution in [-0.2, 0) is 17.8 Å². The maximum Gasteiger partial charge on any atom is 0.273 e. The first-order valence-corrected chi connectivity index (χ1v) is 13.2. The van der Waals surface area contributed by atoms with E-state index < -0.39 is 6.04 Å². The molecule has 0 unspecified atom stereocenters. The van der Waals surface area contributed by atoms with Crippen LogP contribution in [0.1, 0.15) is 63.6 Å². The Balaban J connectivity index is 1.54. The quantitative estimate of drug-likeness (QED) is 0.467. The molecule has 5 rings (SSSR count). The van der Waals surface area contributed by atoms with Crippen LogP contribution in [0.2, 0.25) is 15.2 Å². The summed E-state index contributed by atoms with van der Waals surface area (Å²) in [7, 11) is 1.55. The molecule has 198 valence electrons. The van der Waals surface area contributed by atoms with Crippen molar-refractivity contribution in [3.8, 4) is 0 Å². The number of likely N-dealkylation sites (N-methyl/N-ethyl adjacent to an activating group) is 1. The summed E-state index contributed by atoms with van der Waals surface area (Å²) in [6, 6.07) is 6.93. The van der Waals surface area contributed by atoms with Gasteiger partial charge in [-0.15, -0.1) is 0 Å². The molecule has 1 N–H and O–H groups in total. The number of carbonyl (C=O) groups excluding carboxylic acids is 3. The summed E-state index contributed by atoms with van der Waals surface area (Å²) in [5, 5.41) is 8.40. The second-order valence-corrected chi connectivity index (χ2v) is 10.7. The SMILES string of the molecule is CNC(=O)[C@@H]1CN([C@H](C)c2ccc(Cl)nc2)C(=O)c2c3c(nn21)C[C@@H](C)N(C(=O)c1ccc(Cl)c(Cl)c1)C3. The van der Waals surface area contributed by atoms with E-state index >= 15 is 0 Å². The van der Waals surface area contributed by atoms with Crippen molar-refractivity contribution in [1.29, 1.82) is 0 Å². The van der Waals surface area contributed by atoms with Gasteiger partial charge in [0.2, 0.25) is 5.91 Å². The molecule has 0 radical (unpaired) electrons. The van der Waals surface area contributed by atoms with Gasteiger partial charge in [-0.2, -0.15) is 5.10 Å². The number of amides is 3. The average Bonchev–Trinajstić information content (AvgIpc) is 3.27. The Morgan fingerprint density at radius 3 is 2.55 bits per heavy atom. The molecule has 12 heteroatoms. The van der Waals surface area contributed by atoms with Gasteiger partial charge in [0.1, 0.15) is 16.9 Å². The number of nitrogens with zero attached hydrogens (tertiary/aromatic N) is 5. The smallest absolute Gasteiger partial charge is 0.273 e. The number of halogens is 3. The summed E-state index contributed by atoms with van der Waals surface area (Å²) in [6.07, 6.45) is 2.06. The van der Waals surface area contributed by atoms with Gasteiger partial charge in [-0.3, -0.25) is 14.4 Å². The first-order chi connectivity index (χ1) is 18.1. The van der Waals surface area contributed by atoms with Crippen molar-refractivity contribution in [2.24, 2.45) is 0 Å². The van der Waals surface area contributed by atoms with Crippen LogP contribution in [-0.4, -0.2) is 61.9 Å². The van der Waals surface area contributed by atoms with Crippen LogP contribution in [0.25, 0.3) is 0 Å². The highest BCUT2D eigenvalue weighted by Crippen LogP contribution is 2.36. The third-order valence-corrected chi connectivity index (χ3v) is 8.21. The summed E-state index contributed by atoms with van der Waals surface area (Å²) in [4.78, 5) is 47.9. The van der Waals surface area contributed by atoms with Gasteiger partial charge in [0.15, 0.2) is 0 Å². The predicted octanol–water partition coefficient (Wildman–Crippen LogP) is 4.33. The van der Waals surface area contributed by atoms with Crippen molar-refractivity contribution in [1.82, 2.24) is 29.9 Å². The Hall–Kier alpha value is -3.14. The molecule has 9 nitrogen and oxygen atoms in total. The Kier molecular flexibility index (Phi) is 7.11. The molecule has 3 aromatic rings. The Bertz CT molecular complexity index is 1440. The lowest BCUT2D eigenvalue weighted by atomic mass is 9.96. The summed E-state index contributed by atoms with van der Waals surface area (Å²) in [5.74, 6) is -0.759. The standard InChI is InChI=1S/C26H25Cl3N6O3/c1-13-8-20-17(11-33(13)25(37)15-4-6-18(27)19(28)9-15)23-26(38)34(12-21(24(36)30-3)35(23)32-20)14(2)16-5-7-22(29)31-10-16/h4-7,9-10,13-14,21H,8,11-12H2,1-3H3,(H,30,36)/t13-,14-,21+/m1/s1. The van der Waals surface area contributed by atoms with Crippen LogP contribution in [0.5, 0.6) is 0 Å². The number of benzene rings is 1. The Morgan fingerprint density at radius 2 is 1.89 bits per heavy atom. The van der Waals surface area contributed by atoms with Crippen molar-refractivity contribution in [2.45, 2.75) is 44.9 Å². The van der Waals surface area contributed by atoms with Crippen molar-refractivity contribution < 1.29 is 14.4 Å². The molecule has 3 atom stereocenters. The first-order valence-electron chi connectivity index (χ1n) is 12.1. The van der Waals surface area contributed by atoms with E-state index in [-0.39, 0.29) is 47.9 Å². The fourth-order valence-corrected chi connectivity index (χ4v) is 5.48. The number of pyridine rings is 1. The van der Waals surface area contributed by atoms with E-state index in [1.807, 2.05) is 19.9 Å². The molecule has 0 aliphatic carbocycles. The zero-order valence-electron chi connectivity index (χ0n) is 20.9. The zero-order chi connectivity index (χ0) is 27.3. The zero-order valence-corrected chi connectivity index (χ0v) is 23.2. The summed E-state index contributed by atoms with van der Waals surface area (Å²) in [5.41, 5.74) is 2.84. The molecular weight excluding hydrogens is 551 g/mol. The van der Waals surface area contributed by atoms with E-state index in [1.165, 1.54) is 10.7 Å². The van der Waals surface area contributed by atoms with Gasteiger partial charge >= 0.3 is 0 Å². The van der Waals surface area contributed by atoms with E-state index in [2.05, 4.69) is 10.3 Å². The fraction of sp³-hybridized carbons (Fsp3) is 0.346. The van der Waals surface area contributed by atoms with Gasteiger partial charge < -0.3 is 15.1 Å². The molecule has 38 heavy (non-hydrogen) atoms. The molecule has 0 bridgehead atoms. The van der Waals surface area contributed by atoms with Crippen LogP contribution in [0.15, 0.2) is 36.5 Å². The monoisotopic (exact) mass is 574 g/mol. The topological polar surface area (TPSA) is 100 Å². The lowest BCUT2D eigenvalue weighted by Crippen LogP contribution is -2.49. The lowest BCUT2D eigenvalue weighted by Gasteiger charge is -2.37. The van der Waals surface area contributed by atoms with Gasteiger partial charge in [-0.25, -0.2) is 9.67 Å². The maximum absolute atomic E-state index is 13.9. The Morgan fingerprint density at radius 1 is 1.13 bits per heavy atom. The first kappa shape index (κ1) is 26.5. The van der Waals surface area contributed by atoms with Crippen LogP contribution >= 0.6 is 34.8 Å². The highest BCUT2D eigenvalue weighted by molar-refractivity contribution is 6.42. The molecule has 0 saturated carbocycles. The fourth-order valence-electron chi connectivity index (χ4n) is 5.07. The molecule has 0 fully saturated rings. The number of rotatable bonds is 4. The number of aromatic nitrogens is 3. The van der Waals surface area contributed by atoms with E-state index in [4.69, 9.17) is 39.9 Å². The maximum atomic E-state index is 13.9. The number of hydrogen-bond acceptors (Lipinski definition) is 5. The van der Waals surface area contributed by atoms with Gasteiger partial charge in [0, 0.05) is 36.8 Å². The summed E-state index contributed by atoms with van der Waals surface area (Å²) >= 11 is 18.2. The predicted molar refractivity (Wildman–Crippen MR) is 144 cm³/mol. The van der Waals surface area contributed by atoms with Crippen molar-refractivity contribution in [3.05, 3.63) is 79.8 Å². The third-order valence-electron chi connectivity index (χ3n) is 7.25. The number of fused-ring (bicyclic) bond motifs is 3. The normalized spacial score (nSPS) is 19.6. The molecule has 1 aromatic carbocycles. The highest BCUT2D eigenvalue weighted by Gasteiger charge is 2.43. The van der Waals surface area contributed by atoms with E-state index in [9.17, 15) is 14.4 Å². The molecular formula is C26H25Cl3N6O3. The van der Waals surface area contributed by atoms with E-state index in [0.717, 1.165) is 5.56 Å². The minimum Gasteiger partial charge on any atom is -0.357 e. The minimum atomic E-state index is -0.726. The van der Waals surface area contributed by atoms with Crippen LogP contribution < -0.4 is 5.32 Å². The van der Waals surface area contributed by atoms with Crippen molar-refractivity contribution in [3.63, 3.8) is 0 Å². The van der Waals surface area contributed by atoms with Crippen molar-refractivity contribution in [2.75, 3.05) is 13.6 Å². The summed E-state index contributed by atoms with van der Waals surface area (Å²) in [6.45, 7) is 4.11. The average molecular weight is 576 g/mol. The lowest BCUT2D eigenvalue weighted by molar-refractivity contribution is -0.125. The van der Waals surface area contributed by atoms with Crippen LogP contribution in [0.4, 0.5) is 0 Å². The molecule has 3 amide bonds. The molecule has 0 spiro atoms. The second-order valence-electron chi connectivity index (χ2n) is 9.51. The van der Waals surface area contributed by atoms with Gasteiger partial charge in [0.25, 0.3) is 11.8 Å². The van der Waals surface area contributed by atoms with Crippen LogP contribution in [0.3, 0.4) is 0 Å². The number of hydrogen-bond donors (Lipinski definition) is 1. The third kappa shape index (κ3) is 4.52. The van der Waals surface area contributed by atoms with Crippen molar-refractivity contribution >= 4 is 52.5 Å². The van der Waals surface area contributed by atoms with Gasteiger partial charge in [-0.1, -0.05) is 40.9 Å². The van der Waals surface area contributed by atoms with Gasteiger partial charge in [-0.05, 0) is 43.7 Å². The Labute approximate surface area is 234 Å². The number of nitrogens with one attached hydrogen (secondary N) is 1. The van der Waals surface area contributed by atoms with E-state index in [1.54, 1.807) is 41.2 Å². The number of carbonyl (C=O) groups is 3. The molecule has 0 saturated heterocycles. The molecule has 2 aliphatic heterocycles. The molecule has 4 heterocycles. The molecule has 2 aliphatic rings. The molecule has 2 aromatic heterocycles. The largest absolute Gasteiger partial charge is 0.357 e.